The molecule has 0 spiro atoms. The third-order valence-electron chi connectivity index (χ3n) is 1.44. The summed E-state index contributed by atoms with van der Waals surface area (Å²) in [5.41, 5.74) is 0. The molecule has 1 aliphatic heterocycles. The summed E-state index contributed by atoms with van der Waals surface area (Å²) >= 11 is 0. The Kier molecular flexibility index (Phi) is 5.58. The minimum Gasteiger partial charge on any atom is -0.379 e. The molecular weight excluding hydrogens is 154 g/mol. The van der Waals surface area contributed by atoms with E-state index in [0.717, 1.165) is 32.6 Å². The summed E-state index contributed by atoms with van der Waals surface area (Å²) in [4.78, 5) is 12.1. The van der Waals surface area contributed by atoms with Crippen molar-refractivity contribution < 1.29 is 9.53 Å². The van der Waals surface area contributed by atoms with Gasteiger partial charge in [-0.15, -0.1) is 12.4 Å². The van der Waals surface area contributed by atoms with Crippen LogP contribution in [0.5, 0.6) is 0 Å². The van der Waals surface area contributed by atoms with E-state index in [9.17, 15) is 4.79 Å². The largest absolute Gasteiger partial charge is 0.379 e. The lowest BCUT2D eigenvalue weighted by atomic mass is 10.4. The number of halogens is 1. The number of morpholine rings is 1. The summed E-state index contributed by atoms with van der Waals surface area (Å²) in [6.07, 6.45) is 0.936. The molecule has 0 unspecified atom stereocenters. The first-order valence-electron chi connectivity index (χ1n) is 3.17. The van der Waals surface area contributed by atoms with Crippen molar-refractivity contribution in [1.29, 1.82) is 0 Å². The van der Waals surface area contributed by atoms with Gasteiger partial charge >= 0.3 is 0 Å². The first kappa shape index (κ1) is 9.88. The quantitative estimate of drug-likeness (QED) is 0.537. The van der Waals surface area contributed by atoms with E-state index in [1.807, 2.05) is 0 Å². The summed E-state index contributed by atoms with van der Waals surface area (Å²) < 4.78 is 5.09. The topological polar surface area (TPSA) is 29.5 Å². The van der Waals surface area contributed by atoms with Crippen LogP contribution in [0.25, 0.3) is 0 Å². The van der Waals surface area contributed by atoms with Gasteiger partial charge in [-0.25, -0.2) is 0 Å². The number of hydrogen-bond donors (Lipinski definition) is 0. The summed E-state index contributed by atoms with van der Waals surface area (Å²) in [5, 5.41) is 0. The van der Waals surface area contributed by atoms with Gasteiger partial charge in [0, 0.05) is 13.1 Å². The van der Waals surface area contributed by atoms with Crippen molar-refractivity contribution in [3.05, 3.63) is 0 Å². The van der Waals surface area contributed by atoms with Crippen molar-refractivity contribution in [3.8, 4) is 0 Å². The van der Waals surface area contributed by atoms with E-state index in [4.69, 9.17) is 4.74 Å². The zero-order chi connectivity index (χ0) is 6.53. The molecule has 1 saturated heterocycles. The normalized spacial score (nSPS) is 19.6. The van der Waals surface area contributed by atoms with Crippen molar-refractivity contribution in [3.63, 3.8) is 0 Å². The van der Waals surface area contributed by atoms with Crippen molar-refractivity contribution in [2.75, 3.05) is 32.8 Å². The third-order valence-corrected chi connectivity index (χ3v) is 1.44. The van der Waals surface area contributed by atoms with Gasteiger partial charge in [0.2, 0.25) is 0 Å². The molecule has 0 aromatic heterocycles. The lowest BCUT2D eigenvalue weighted by Gasteiger charge is -2.23. The lowest BCUT2D eigenvalue weighted by Crippen LogP contribution is -2.37. The van der Waals surface area contributed by atoms with Crippen LogP contribution in [-0.4, -0.2) is 44.0 Å². The molecule has 0 saturated carbocycles. The van der Waals surface area contributed by atoms with Crippen LogP contribution in [0.4, 0.5) is 0 Å². The van der Waals surface area contributed by atoms with E-state index in [0.29, 0.717) is 6.54 Å². The molecule has 1 heterocycles. The molecule has 4 heteroatoms. The molecule has 0 aliphatic carbocycles. The van der Waals surface area contributed by atoms with E-state index in [1.165, 1.54) is 0 Å². The van der Waals surface area contributed by atoms with Crippen LogP contribution in [0, 0.1) is 0 Å². The van der Waals surface area contributed by atoms with Crippen LogP contribution in [0.1, 0.15) is 0 Å². The fourth-order valence-electron chi connectivity index (χ4n) is 0.889. The minimum absolute atomic E-state index is 0. The number of hydrogen-bond acceptors (Lipinski definition) is 3. The average molecular weight is 166 g/mol. The second-order valence-corrected chi connectivity index (χ2v) is 2.08. The predicted octanol–water partition coefficient (Wildman–Crippen LogP) is -0.0607. The molecule has 0 aromatic rings. The Morgan fingerprint density at radius 1 is 1.40 bits per heavy atom. The van der Waals surface area contributed by atoms with Gasteiger partial charge in [0.15, 0.2) is 0 Å². The third kappa shape index (κ3) is 3.15. The van der Waals surface area contributed by atoms with Gasteiger partial charge in [-0.05, 0) is 0 Å². The maximum atomic E-state index is 9.99. The smallest absolute Gasteiger partial charge is 0.133 e. The first-order valence-corrected chi connectivity index (χ1v) is 3.17. The molecule has 0 amide bonds. The molecule has 0 atom stereocenters. The van der Waals surface area contributed by atoms with Gasteiger partial charge in [-0.1, -0.05) is 0 Å². The van der Waals surface area contributed by atoms with Crippen LogP contribution < -0.4 is 0 Å². The Balaban J connectivity index is 0.000000810. The molecule has 60 valence electrons. The standard InChI is InChI=1S/C6H11NO2.ClH/c8-4-1-7-2-5-9-6-3-7;/h4H,1-3,5-6H2;1H. The van der Waals surface area contributed by atoms with Gasteiger partial charge < -0.3 is 9.53 Å². The zero-order valence-electron chi connectivity index (χ0n) is 5.78. The highest BCUT2D eigenvalue weighted by Gasteiger charge is 2.07. The molecule has 10 heavy (non-hydrogen) atoms. The molecule has 1 aliphatic rings. The van der Waals surface area contributed by atoms with E-state index in [2.05, 4.69) is 4.90 Å². The fraction of sp³-hybridized carbons (Fsp3) is 0.833. The fourth-order valence-corrected chi connectivity index (χ4v) is 0.889. The summed E-state index contributed by atoms with van der Waals surface area (Å²) in [6, 6.07) is 0. The Hall–Kier alpha value is -0.120. The predicted molar refractivity (Wildman–Crippen MR) is 40.6 cm³/mol. The number of nitrogens with zero attached hydrogens (tertiary/aromatic N) is 1. The second-order valence-electron chi connectivity index (χ2n) is 2.08. The van der Waals surface area contributed by atoms with Gasteiger partial charge in [-0.2, -0.15) is 0 Å². The number of ether oxygens (including phenoxy) is 1. The maximum Gasteiger partial charge on any atom is 0.133 e. The van der Waals surface area contributed by atoms with Crippen LogP contribution in [0.15, 0.2) is 0 Å². The van der Waals surface area contributed by atoms with E-state index in [1.54, 1.807) is 0 Å². The SMILES string of the molecule is Cl.O=CCN1CCOCC1. The van der Waals surface area contributed by atoms with Gasteiger partial charge in [0.05, 0.1) is 19.8 Å². The lowest BCUT2D eigenvalue weighted by molar-refractivity contribution is -0.109. The Morgan fingerprint density at radius 3 is 2.50 bits per heavy atom. The number of carbonyl (C=O) groups is 1. The van der Waals surface area contributed by atoms with Gasteiger partial charge in [-0.3, -0.25) is 4.90 Å². The van der Waals surface area contributed by atoms with Crippen molar-refractivity contribution in [2.45, 2.75) is 0 Å². The second kappa shape index (κ2) is 5.65. The highest BCUT2D eigenvalue weighted by Crippen LogP contribution is 1.93. The maximum absolute atomic E-state index is 9.99. The number of rotatable bonds is 2. The van der Waals surface area contributed by atoms with Crippen LogP contribution in [0.2, 0.25) is 0 Å². The summed E-state index contributed by atoms with van der Waals surface area (Å²) in [6.45, 7) is 3.91. The molecular formula is C6H12ClNO2. The van der Waals surface area contributed by atoms with Crippen molar-refractivity contribution in [1.82, 2.24) is 4.90 Å². The van der Waals surface area contributed by atoms with E-state index < -0.39 is 0 Å². The van der Waals surface area contributed by atoms with E-state index >= 15 is 0 Å². The van der Waals surface area contributed by atoms with Crippen LogP contribution >= 0.6 is 12.4 Å². The Labute approximate surface area is 66.7 Å². The highest BCUT2D eigenvalue weighted by molar-refractivity contribution is 5.85. The van der Waals surface area contributed by atoms with Gasteiger partial charge in [0.25, 0.3) is 0 Å². The molecule has 1 fully saturated rings. The first-order chi connectivity index (χ1) is 4.43. The summed E-state index contributed by atoms with van der Waals surface area (Å²) in [7, 11) is 0. The molecule has 0 radical (unpaired) electrons. The van der Waals surface area contributed by atoms with Gasteiger partial charge in [0.1, 0.15) is 6.29 Å². The zero-order valence-corrected chi connectivity index (χ0v) is 6.60. The van der Waals surface area contributed by atoms with Crippen molar-refractivity contribution >= 4 is 18.7 Å². The molecule has 1 rings (SSSR count). The minimum atomic E-state index is 0. The van der Waals surface area contributed by atoms with E-state index in [-0.39, 0.29) is 12.4 Å². The summed E-state index contributed by atoms with van der Waals surface area (Å²) in [5.74, 6) is 0. The Bertz CT molecular complexity index is 93.7. The highest BCUT2D eigenvalue weighted by atomic mass is 35.5. The molecule has 3 nitrogen and oxygen atoms in total. The molecule has 0 N–H and O–H groups in total. The molecule has 0 bridgehead atoms. The van der Waals surface area contributed by atoms with Crippen LogP contribution in [-0.2, 0) is 9.53 Å². The Morgan fingerprint density at radius 2 is 2.00 bits per heavy atom. The average Bonchev–Trinajstić information content (AvgIpc) is 1.91. The van der Waals surface area contributed by atoms with Crippen molar-refractivity contribution in [2.24, 2.45) is 0 Å². The number of carbonyl (C=O) groups excluding carboxylic acids is 1. The number of aldehydes is 1. The molecule has 0 aromatic carbocycles. The van der Waals surface area contributed by atoms with Crippen LogP contribution in [0.3, 0.4) is 0 Å². The monoisotopic (exact) mass is 165 g/mol.